The van der Waals surface area contributed by atoms with Crippen molar-refractivity contribution in [2.75, 3.05) is 18.5 Å². The molecule has 1 aromatic heterocycles. The Morgan fingerprint density at radius 1 is 0.893 bits per heavy atom. The molecule has 0 fully saturated rings. The minimum absolute atomic E-state index is 0.244. The number of benzene rings is 2. The van der Waals surface area contributed by atoms with Crippen LogP contribution in [0.5, 0.6) is 11.5 Å². The molecule has 146 valence electrons. The quantitative estimate of drug-likeness (QED) is 0.361. The van der Waals surface area contributed by atoms with Crippen LogP contribution in [0, 0.1) is 0 Å². The molecular weight excluding hydrogens is 372 g/mol. The highest BCUT2D eigenvalue weighted by Crippen LogP contribution is 2.23. The molecule has 3 N–H and O–H groups in total. The van der Waals surface area contributed by atoms with E-state index in [0.717, 1.165) is 47.6 Å². The van der Waals surface area contributed by atoms with Crippen molar-refractivity contribution in [3.05, 3.63) is 67.1 Å². The van der Waals surface area contributed by atoms with Gasteiger partial charge in [-0.2, -0.15) is 0 Å². The molecule has 0 bridgehead atoms. The second kappa shape index (κ2) is 10.4. The molecule has 3 aromatic rings. The maximum Gasteiger partial charge on any atom is 0.168 e. The summed E-state index contributed by atoms with van der Waals surface area (Å²) in [6, 6.07) is 17.6. The van der Waals surface area contributed by atoms with Gasteiger partial charge in [-0.1, -0.05) is 18.2 Å². The molecule has 0 spiro atoms. The van der Waals surface area contributed by atoms with Gasteiger partial charge in [0.2, 0.25) is 0 Å². The van der Waals surface area contributed by atoms with Gasteiger partial charge in [-0.15, -0.1) is 0 Å². The van der Waals surface area contributed by atoms with Gasteiger partial charge in [-0.25, -0.2) is 0 Å². The number of anilines is 1. The smallest absolute Gasteiger partial charge is 0.168 e. The fourth-order valence-corrected chi connectivity index (χ4v) is 2.86. The van der Waals surface area contributed by atoms with Crippen molar-refractivity contribution in [2.45, 2.75) is 19.3 Å². The van der Waals surface area contributed by atoms with Gasteiger partial charge < -0.3 is 24.9 Å². The molecule has 28 heavy (non-hydrogen) atoms. The normalized spacial score (nSPS) is 10.4. The van der Waals surface area contributed by atoms with Crippen LogP contribution in [0.25, 0.3) is 11.1 Å². The Kier molecular flexibility index (Phi) is 7.32. The Balaban J connectivity index is 1.30. The Bertz CT molecular complexity index is 864. The first-order chi connectivity index (χ1) is 13.7. The molecule has 1 heterocycles. The average Bonchev–Trinajstić information content (AvgIpc) is 3.22. The molecule has 0 radical (unpaired) electrons. The van der Waals surface area contributed by atoms with Gasteiger partial charge in [0.25, 0.3) is 0 Å². The van der Waals surface area contributed by atoms with E-state index in [9.17, 15) is 0 Å². The highest BCUT2D eigenvalue weighted by Gasteiger charge is 2.01. The van der Waals surface area contributed by atoms with Gasteiger partial charge in [-0.05, 0) is 67.4 Å². The highest BCUT2D eigenvalue weighted by molar-refractivity contribution is 7.80. The number of unbranched alkanes of at least 4 members (excludes halogenated alkanes) is 2. The number of hydrogen-bond acceptors (Lipinski definition) is 4. The number of ether oxygens (including phenoxy) is 2. The van der Waals surface area contributed by atoms with E-state index < -0.39 is 0 Å². The van der Waals surface area contributed by atoms with Gasteiger partial charge in [0.15, 0.2) is 5.11 Å². The predicted molar refractivity (Wildman–Crippen MR) is 116 cm³/mol. The molecule has 0 aliphatic carbocycles. The van der Waals surface area contributed by atoms with Crippen molar-refractivity contribution in [1.29, 1.82) is 0 Å². The van der Waals surface area contributed by atoms with Crippen molar-refractivity contribution in [3.8, 4) is 22.6 Å². The molecule has 0 unspecified atom stereocenters. The van der Waals surface area contributed by atoms with Crippen molar-refractivity contribution in [2.24, 2.45) is 5.73 Å². The summed E-state index contributed by atoms with van der Waals surface area (Å²) in [7, 11) is 0. The zero-order chi connectivity index (χ0) is 19.6. The van der Waals surface area contributed by atoms with Crippen molar-refractivity contribution in [1.82, 2.24) is 0 Å². The van der Waals surface area contributed by atoms with Crippen molar-refractivity contribution < 1.29 is 13.9 Å². The molecule has 3 rings (SSSR count). The van der Waals surface area contributed by atoms with E-state index in [1.54, 1.807) is 12.5 Å². The minimum atomic E-state index is 0.244. The predicted octanol–water partition coefficient (Wildman–Crippen LogP) is 5.23. The van der Waals surface area contributed by atoms with Gasteiger partial charge in [-0.3, -0.25) is 0 Å². The standard InChI is InChI=1S/C22H24N2O3S/c23-22(28)24-19-5-4-6-21(15-19)27-13-3-1-2-12-26-20-9-7-17(8-10-20)18-11-14-25-16-18/h4-11,14-16H,1-3,12-13H2,(H3,23,24,28). The second-order valence-electron chi connectivity index (χ2n) is 6.31. The fraction of sp³-hybridized carbons (Fsp3) is 0.227. The van der Waals surface area contributed by atoms with Gasteiger partial charge in [0.1, 0.15) is 11.5 Å². The van der Waals surface area contributed by atoms with E-state index in [1.807, 2.05) is 54.6 Å². The summed E-state index contributed by atoms with van der Waals surface area (Å²) in [5.41, 5.74) is 8.49. The summed E-state index contributed by atoms with van der Waals surface area (Å²) in [4.78, 5) is 0. The Hall–Kier alpha value is -2.99. The van der Waals surface area contributed by atoms with Crippen LogP contribution in [0.2, 0.25) is 0 Å². The van der Waals surface area contributed by atoms with E-state index in [4.69, 9.17) is 31.8 Å². The third-order valence-corrected chi connectivity index (χ3v) is 4.24. The molecule has 6 heteroatoms. The van der Waals surface area contributed by atoms with Gasteiger partial charge in [0.05, 0.1) is 25.7 Å². The topological polar surface area (TPSA) is 69.7 Å². The second-order valence-corrected chi connectivity index (χ2v) is 6.75. The van der Waals surface area contributed by atoms with Crippen LogP contribution in [0.3, 0.4) is 0 Å². The monoisotopic (exact) mass is 396 g/mol. The molecule has 0 aliphatic rings. The van der Waals surface area contributed by atoms with Crippen LogP contribution in [0.4, 0.5) is 5.69 Å². The van der Waals surface area contributed by atoms with Crippen molar-refractivity contribution >= 4 is 23.0 Å². The highest BCUT2D eigenvalue weighted by atomic mass is 32.1. The summed E-state index contributed by atoms with van der Waals surface area (Å²) in [6.07, 6.45) is 6.40. The number of thiocarbonyl (C=S) groups is 1. The number of nitrogens with two attached hydrogens (primary N) is 1. The Morgan fingerprint density at radius 3 is 2.32 bits per heavy atom. The molecule has 0 amide bonds. The largest absolute Gasteiger partial charge is 0.494 e. The Labute approximate surface area is 170 Å². The maximum absolute atomic E-state index is 5.80. The molecule has 2 aromatic carbocycles. The first-order valence-corrected chi connectivity index (χ1v) is 9.66. The van der Waals surface area contributed by atoms with Crippen molar-refractivity contribution in [3.63, 3.8) is 0 Å². The Morgan fingerprint density at radius 2 is 1.64 bits per heavy atom. The lowest BCUT2D eigenvalue weighted by molar-refractivity contribution is 0.279. The van der Waals surface area contributed by atoms with Gasteiger partial charge >= 0.3 is 0 Å². The molecular formula is C22H24N2O3S. The fourth-order valence-electron chi connectivity index (χ4n) is 2.74. The van der Waals surface area contributed by atoms with Crippen LogP contribution < -0.4 is 20.5 Å². The number of furan rings is 1. The van der Waals surface area contributed by atoms with E-state index in [-0.39, 0.29) is 5.11 Å². The summed E-state index contributed by atoms with van der Waals surface area (Å²) < 4.78 is 16.7. The third kappa shape index (κ3) is 6.32. The molecule has 0 atom stereocenters. The zero-order valence-corrected chi connectivity index (χ0v) is 16.4. The lowest BCUT2D eigenvalue weighted by atomic mass is 10.1. The third-order valence-electron chi connectivity index (χ3n) is 4.14. The van der Waals surface area contributed by atoms with E-state index in [1.165, 1.54) is 0 Å². The maximum atomic E-state index is 5.80. The molecule has 0 aliphatic heterocycles. The number of hydrogen-bond donors (Lipinski definition) is 2. The zero-order valence-electron chi connectivity index (χ0n) is 15.6. The average molecular weight is 397 g/mol. The van der Waals surface area contributed by atoms with Crippen LogP contribution in [0.1, 0.15) is 19.3 Å². The molecule has 0 saturated carbocycles. The lowest BCUT2D eigenvalue weighted by Gasteiger charge is -2.09. The lowest BCUT2D eigenvalue weighted by Crippen LogP contribution is -2.18. The summed E-state index contributed by atoms with van der Waals surface area (Å²) >= 11 is 4.84. The van der Waals surface area contributed by atoms with Crippen LogP contribution >= 0.6 is 12.2 Å². The van der Waals surface area contributed by atoms with Crippen LogP contribution in [-0.4, -0.2) is 18.3 Å². The number of rotatable bonds is 10. The van der Waals surface area contributed by atoms with E-state index in [2.05, 4.69) is 5.32 Å². The summed E-state index contributed by atoms with van der Waals surface area (Å²) in [6.45, 7) is 1.36. The van der Waals surface area contributed by atoms with Crippen LogP contribution in [0.15, 0.2) is 71.5 Å². The molecule has 0 saturated heterocycles. The summed E-state index contributed by atoms with van der Waals surface area (Å²) in [5, 5.41) is 3.14. The van der Waals surface area contributed by atoms with E-state index >= 15 is 0 Å². The first-order valence-electron chi connectivity index (χ1n) is 9.25. The van der Waals surface area contributed by atoms with Gasteiger partial charge in [0, 0.05) is 17.3 Å². The minimum Gasteiger partial charge on any atom is -0.494 e. The number of nitrogens with one attached hydrogen (secondary N) is 1. The summed E-state index contributed by atoms with van der Waals surface area (Å²) in [5.74, 6) is 1.68. The van der Waals surface area contributed by atoms with E-state index in [0.29, 0.717) is 13.2 Å². The molecule has 5 nitrogen and oxygen atoms in total. The SMILES string of the molecule is NC(=S)Nc1cccc(OCCCCCOc2ccc(-c3ccoc3)cc2)c1. The first kappa shape index (κ1) is 19.8. The van der Waals surface area contributed by atoms with Crippen LogP contribution in [-0.2, 0) is 0 Å².